The second kappa shape index (κ2) is 5.46. The van der Waals surface area contributed by atoms with Gasteiger partial charge in [-0.3, -0.25) is 4.79 Å². The smallest absolute Gasteiger partial charge is 0.196 e. The lowest BCUT2D eigenvalue weighted by Crippen LogP contribution is -2.03. The van der Waals surface area contributed by atoms with E-state index in [0.29, 0.717) is 27.2 Å². The molecule has 0 amide bonds. The summed E-state index contributed by atoms with van der Waals surface area (Å²) in [6.45, 7) is 0. The van der Waals surface area contributed by atoms with Gasteiger partial charge < -0.3 is 4.98 Å². The number of H-pyrrole nitrogens is 1. The van der Waals surface area contributed by atoms with Gasteiger partial charge >= 0.3 is 0 Å². The minimum Gasteiger partial charge on any atom is -0.345 e. The van der Waals surface area contributed by atoms with Crippen LogP contribution < -0.4 is 0 Å². The van der Waals surface area contributed by atoms with Crippen LogP contribution in [0.4, 0.5) is 0 Å². The average molecular weight is 461 g/mol. The van der Waals surface area contributed by atoms with Crippen LogP contribution in [0.1, 0.15) is 15.9 Å². The Morgan fingerprint density at radius 1 is 1.30 bits per heavy atom. The van der Waals surface area contributed by atoms with E-state index in [1.807, 2.05) is 18.2 Å². The number of fused-ring (bicyclic) bond motifs is 1. The molecule has 0 saturated heterocycles. The molecule has 6 heteroatoms. The zero-order chi connectivity index (χ0) is 14.3. The van der Waals surface area contributed by atoms with Gasteiger partial charge in [0.1, 0.15) is 5.65 Å². The summed E-state index contributed by atoms with van der Waals surface area (Å²) < 4.78 is 1.76. The molecule has 0 fully saturated rings. The SMILES string of the molecule is O=C(c1cc(Br)ccc1I)c1c[nH]c2nccc(Cl)c12. The quantitative estimate of drug-likeness (QED) is 0.440. The van der Waals surface area contributed by atoms with Crippen molar-refractivity contribution in [2.24, 2.45) is 0 Å². The lowest BCUT2D eigenvalue weighted by Gasteiger charge is -2.04. The van der Waals surface area contributed by atoms with Crippen LogP contribution >= 0.6 is 50.1 Å². The van der Waals surface area contributed by atoms with E-state index in [1.165, 1.54) is 0 Å². The van der Waals surface area contributed by atoms with Crippen molar-refractivity contribution in [2.45, 2.75) is 0 Å². The monoisotopic (exact) mass is 460 g/mol. The maximum absolute atomic E-state index is 12.7. The molecule has 2 aromatic heterocycles. The zero-order valence-corrected chi connectivity index (χ0v) is 14.5. The van der Waals surface area contributed by atoms with Crippen LogP contribution in [-0.2, 0) is 0 Å². The second-order valence-corrected chi connectivity index (χ2v) is 6.66. The zero-order valence-electron chi connectivity index (χ0n) is 9.95. The van der Waals surface area contributed by atoms with E-state index in [2.05, 4.69) is 48.5 Å². The van der Waals surface area contributed by atoms with E-state index >= 15 is 0 Å². The molecule has 3 aromatic rings. The molecule has 1 aromatic carbocycles. The third-order valence-corrected chi connectivity index (χ3v) is 4.69. The molecule has 0 atom stereocenters. The third-order valence-electron chi connectivity index (χ3n) is 2.94. The summed E-state index contributed by atoms with van der Waals surface area (Å²) in [5.41, 5.74) is 1.79. The molecule has 2 heterocycles. The number of halogens is 3. The molecule has 3 rings (SSSR count). The van der Waals surface area contributed by atoms with Crippen LogP contribution in [0.2, 0.25) is 5.02 Å². The summed E-state index contributed by atoms with van der Waals surface area (Å²) in [6, 6.07) is 7.29. The number of rotatable bonds is 2. The van der Waals surface area contributed by atoms with Crippen LogP contribution in [0.3, 0.4) is 0 Å². The van der Waals surface area contributed by atoms with Crippen molar-refractivity contribution in [3.05, 3.63) is 60.9 Å². The Balaban J connectivity index is 2.21. The van der Waals surface area contributed by atoms with E-state index in [9.17, 15) is 4.79 Å². The maximum Gasteiger partial charge on any atom is 0.196 e. The summed E-state index contributed by atoms with van der Waals surface area (Å²) in [5.74, 6) is -0.0724. The van der Waals surface area contributed by atoms with Crippen molar-refractivity contribution in [3.63, 3.8) is 0 Å². The molecular weight excluding hydrogens is 454 g/mol. The van der Waals surface area contributed by atoms with Gasteiger partial charge in [-0.1, -0.05) is 27.5 Å². The Morgan fingerprint density at radius 3 is 2.90 bits per heavy atom. The van der Waals surface area contributed by atoms with Crippen LogP contribution in [0, 0.1) is 3.57 Å². The lowest BCUT2D eigenvalue weighted by molar-refractivity contribution is 0.103. The molecule has 0 unspecified atom stereocenters. The van der Waals surface area contributed by atoms with E-state index in [0.717, 1.165) is 8.04 Å². The Kier molecular flexibility index (Phi) is 3.83. The van der Waals surface area contributed by atoms with E-state index in [-0.39, 0.29) is 5.78 Å². The maximum atomic E-state index is 12.7. The van der Waals surface area contributed by atoms with Crippen LogP contribution in [0.5, 0.6) is 0 Å². The predicted molar refractivity (Wildman–Crippen MR) is 91.4 cm³/mol. The van der Waals surface area contributed by atoms with Crippen molar-refractivity contribution in [1.29, 1.82) is 0 Å². The third kappa shape index (κ3) is 2.38. The van der Waals surface area contributed by atoms with Gasteiger partial charge in [0.2, 0.25) is 0 Å². The van der Waals surface area contributed by atoms with Crippen LogP contribution in [0.15, 0.2) is 41.1 Å². The number of carbonyl (C=O) groups excluding carboxylic acids is 1. The number of benzene rings is 1. The number of pyridine rings is 1. The predicted octanol–water partition coefficient (Wildman–Crippen LogP) is 4.81. The second-order valence-electron chi connectivity index (χ2n) is 4.17. The first-order chi connectivity index (χ1) is 9.58. The molecule has 100 valence electrons. The number of aromatic amines is 1. The summed E-state index contributed by atoms with van der Waals surface area (Å²) >= 11 is 11.7. The highest BCUT2D eigenvalue weighted by atomic mass is 127. The minimum atomic E-state index is -0.0724. The first-order valence-corrected chi connectivity index (χ1v) is 7.94. The Labute approximate surface area is 142 Å². The molecule has 0 spiro atoms. The Morgan fingerprint density at radius 2 is 2.10 bits per heavy atom. The van der Waals surface area contributed by atoms with E-state index in [4.69, 9.17) is 11.6 Å². The molecule has 0 saturated carbocycles. The molecular formula is C14H7BrClIN2O. The number of nitrogens with one attached hydrogen (secondary N) is 1. The fourth-order valence-corrected chi connectivity index (χ4v) is 3.20. The lowest BCUT2D eigenvalue weighted by atomic mass is 10.0. The Bertz CT molecular complexity index is 831. The first kappa shape index (κ1) is 14.0. The molecule has 3 nitrogen and oxygen atoms in total. The number of hydrogen-bond acceptors (Lipinski definition) is 2. The number of aromatic nitrogens is 2. The molecule has 0 aliphatic rings. The summed E-state index contributed by atoms with van der Waals surface area (Å²) in [6.07, 6.45) is 3.27. The molecule has 0 aliphatic heterocycles. The minimum absolute atomic E-state index is 0.0724. The molecule has 1 N–H and O–H groups in total. The molecule has 0 aliphatic carbocycles. The summed E-state index contributed by atoms with van der Waals surface area (Å²) in [4.78, 5) is 19.9. The average Bonchev–Trinajstić information content (AvgIpc) is 2.86. The number of hydrogen-bond donors (Lipinski definition) is 1. The van der Waals surface area contributed by atoms with Crippen molar-refractivity contribution >= 4 is 66.9 Å². The number of nitrogens with zero attached hydrogens (tertiary/aromatic N) is 1. The van der Waals surface area contributed by atoms with E-state index < -0.39 is 0 Å². The highest BCUT2D eigenvalue weighted by Gasteiger charge is 2.19. The first-order valence-electron chi connectivity index (χ1n) is 5.69. The fraction of sp³-hybridized carbons (Fsp3) is 0. The van der Waals surface area contributed by atoms with Crippen LogP contribution in [0.25, 0.3) is 11.0 Å². The highest BCUT2D eigenvalue weighted by Crippen LogP contribution is 2.28. The van der Waals surface area contributed by atoms with Gasteiger partial charge in [0.05, 0.1) is 10.6 Å². The summed E-state index contributed by atoms with van der Waals surface area (Å²) in [7, 11) is 0. The normalized spacial score (nSPS) is 10.9. The van der Waals surface area contributed by atoms with Crippen molar-refractivity contribution in [2.75, 3.05) is 0 Å². The topological polar surface area (TPSA) is 45.8 Å². The molecule has 0 bridgehead atoms. The van der Waals surface area contributed by atoms with Crippen molar-refractivity contribution in [1.82, 2.24) is 9.97 Å². The van der Waals surface area contributed by atoms with Gasteiger partial charge in [0, 0.05) is 31.4 Å². The van der Waals surface area contributed by atoms with Gasteiger partial charge in [-0.2, -0.15) is 0 Å². The fourth-order valence-electron chi connectivity index (χ4n) is 2.01. The van der Waals surface area contributed by atoms with Gasteiger partial charge in [-0.05, 0) is 46.9 Å². The van der Waals surface area contributed by atoms with Gasteiger partial charge in [-0.25, -0.2) is 4.98 Å². The summed E-state index contributed by atoms with van der Waals surface area (Å²) in [5, 5.41) is 1.18. The number of ketones is 1. The Hall–Kier alpha value is -0.920. The van der Waals surface area contributed by atoms with Crippen LogP contribution in [-0.4, -0.2) is 15.8 Å². The number of carbonyl (C=O) groups is 1. The van der Waals surface area contributed by atoms with Gasteiger partial charge in [0.15, 0.2) is 5.78 Å². The standard InChI is InChI=1S/C14H7BrClIN2O/c15-7-1-2-11(17)8(5-7)13(20)9-6-19-14-12(9)10(16)3-4-18-14/h1-6H,(H,18,19). The van der Waals surface area contributed by atoms with Gasteiger partial charge in [-0.15, -0.1) is 0 Å². The largest absolute Gasteiger partial charge is 0.345 e. The molecule has 0 radical (unpaired) electrons. The van der Waals surface area contributed by atoms with Gasteiger partial charge in [0.25, 0.3) is 0 Å². The van der Waals surface area contributed by atoms with Crippen molar-refractivity contribution < 1.29 is 4.79 Å². The molecule has 20 heavy (non-hydrogen) atoms. The highest BCUT2D eigenvalue weighted by molar-refractivity contribution is 14.1. The van der Waals surface area contributed by atoms with Crippen molar-refractivity contribution in [3.8, 4) is 0 Å². The van der Waals surface area contributed by atoms with E-state index in [1.54, 1.807) is 18.5 Å².